The molecule has 0 fully saturated rings. The van der Waals surface area contributed by atoms with E-state index < -0.39 is 34.4 Å². The SMILES string of the molecule is C[C@H](OC(=O)c1ccco1)C(=O)Nc1ccc(F)c([N+](=O)[O-])c1. The van der Waals surface area contributed by atoms with E-state index in [1.807, 2.05) is 0 Å². The minimum absolute atomic E-state index is 0.00370. The van der Waals surface area contributed by atoms with E-state index in [0.29, 0.717) is 0 Å². The van der Waals surface area contributed by atoms with Crippen LogP contribution < -0.4 is 5.32 Å². The number of carbonyl (C=O) groups is 2. The molecule has 0 aliphatic carbocycles. The molecule has 120 valence electrons. The topological polar surface area (TPSA) is 112 Å². The first-order chi connectivity index (χ1) is 10.9. The van der Waals surface area contributed by atoms with Gasteiger partial charge in [-0.3, -0.25) is 14.9 Å². The summed E-state index contributed by atoms with van der Waals surface area (Å²) in [6, 6.07) is 5.73. The summed E-state index contributed by atoms with van der Waals surface area (Å²) in [5.74, 6) is -2.65. The molecule has 2 rings (SSSR count). The van der Waals surface area contributed by atoms with Crippen LogP contribution in [0.4, 0.5) is 15.8 Å². The molecule has 1 heterocycles. The number of amides is 1. The molecule has 0 saturated carbocycles. The van der Waals surface area contributed by atoms with Crippen molar-refractivity contribution in [2.24, 2.45) is 0 Å². The van der Waals surface area contributed by atoms with E-state index in [9.17, 15) is 24.1 Å². The van der Waals surface area contributed by atoms with Crippen LogP contribution in [0.1, 0.15) is 17.5 Å². The second-order valence-corrected chi connectivity index (χ2v) is 4.44. The smallest absolute Gasteiger partial charge is 0.374 e. The Morgan fingerprint density at radius 3 is 2.74 bits per heavy atom. The van der Waals surface area contributed by atoms with Gasteiger partial charge in [0.1, 0.15) is 0 Å². The second kappa shape index (κ2) is 6.69. The van der Waals surface area contributed by atoms with Crippen molar-refractivity contribution in [3.8, 4) is 0 Å². The van der Waals surface area contributed by atoms with Crippen molar-refractivity contribution in [2.45, 2.75) is 13.0 Å². The van der Waals surface area contributed by atoms with Crippen molar-refractivity contribution < 1.29 is 28.1 Å². The number of nitro groups is 1. The molecule has 0 radical (unpaired) electrons. The van der Waals surface area contributed by atoms with Crippen molar-refractivity contribution in [1.29, 1.82) is 0 Å². The zero-order chi connectivity index (χ0) is 17.0. The Balaban J connectivity index is 2.02. The van der Waals surface area contributed by atoms with Crippen molar-refractivity contribution in [3.05, 3.63) is 58.3 Å². The Kier molecular flexibility index (Phi) is 4.69. The highest BCUT2D eigenvalue weighted by Gasteiger charge is 2.22. The van der Waals surface area contributed by atoms with Crippen molar-refractivity contribution in [2.75, 3.05) is 5.32 Å². The number of nitrogens with zero attached hydrogens (tertiary/aromatic N) is 1. The largest absolute Gasteiger partial charge is 0.457 e. The number of benzene rings is 1. The van der Waals surface area contributed by atoms with Gasteiger partial charge in [-0.25, -0.2) is 4.79 Å². The summed E-state index contributed by atoms with van der Waals surface area (Å²) >= 11 is 0. The minimum Gasteiger partial charge on any atom is -0.457 e. The van der Waals surface area contributed by atoms with Gasteiger partial charge in [0.25, 0.3) is 5.91 Å². The fraction of sp³-hybridized carbons (Fsp3) is 0.143. The van der Waals surface area contributed by atoms with Crippen LogP contribution in [0.15, 0.2) is 41.0 Å². The number of nitro benzene ring substituents is 1. The number of halogens is 1. The van der Waals surface area contributed by atoms with Gasteiger partial charge in [-0.2, -0.15) is 4.39 Å². The second-order valence-electron chi connectivity index (χ2n) is 4.44. The van der Waals surface area contributed by atoms with E-state index >= 15 is 0 Å². The van der Waals surface area contributed by atoms with E-state index in [2.05, 4.69) is 5.32 Å². The molecule has 1 atom stereocenters. The normalized spacial score (nSPS) is 11.6. The maximum Gasteiger partial charge on any atom is 0.374 e. The van der Waals surface area contributed by atoms with Gasteiger partial charge in [0.2, 0.25) is 11.6 Å². The molecule has 0 saturated heterocycles. The number of anilines is 1. The summed E-state index contributed by atoms with van der Waals surface area (Å²) in [4.78, 5) is 33.3. The van der Waals surface area contributed by atoms with Crippen LogP contribution in [0.3, 0.4) is 0 Å². The summed E-state index contributed by atoms with van der Waals surface area (Å²) in [7, 11) is 0. The average Bonchev–Trinajstić information content (AvgIpc) is 3.03. The molecule has 9 heteroatoms. The molecular weight excluding hydrogens is 311 g/mol. The third kappa shape index (κ3) is 3.90. The lowest BCUT2D eigenvalue weighted by Gasteiger charge is -2.12. The molecule has 0 spiro atoms. The van der Waals surface area contributed by atoms with Crippen LogP contribution in [0.5, 0.6) is 0 Å². The number of esters is 1. The number of rotatable bonds is 5. The van der Waals surface area contributed by atoms with Crippen molar-refractivity contribution >= 4 is 23.3 Å². The predicted octanol–water partition coefficient (Wildman–Crippen LogP) is 2.51. The lowest BCUT2D eigenvalue weighted by atomic mass is 10.2. The van der Waals surface area contributed by atoms with Gasteiger partial charge >= 0.3 is 11.7 Å². The lowest BCUT2D eigenvalue weighted by Crippen LogP contribution is -2.29. The minimum atomic E-state index is -1.18. The number of hydrogen-bond donors (Lipinski definition) is 1. The molecule has 1 aromatic heterocycles. The number of carbonyl (C=O) groups excluding carboxylic acids is 2. The highest BCUT2D eigenvalue weighted by atomic mass is 19.1. The van der Waals surface area contributed by atoms with Gasteiger partial charge in [0, 0.05) is 11.8 Å². The fourth-order valence-electron chi connectivity index (χ4n) is 1.64. The lowest BCUT2D eigenvalue weighted by molar-refractivity contribution is -0.387. The molecule has 23 heavy (non-hydrogen) atoms. The zero-order valence-corrected chi connectivity index (χ0v) is 11.8. The van der Waals surface area contributed by atoms with Gasteiger partial charge in [-0.1, -0.05) is 0 Å². The summed E-state index contributed by atoms with van der Waals surface area (Å²) in [6.07, 6.45) is 0.0932. The van der Waals surface area contributed by atoms with E-state index in [1.54, 1.807) is 0 Å². The van der Waals surface area contributed by atoms with E-state index in [4.69, 9.17) is 9.15 Å². The Labute approximate surface area is 129 Å². The number of ether oxygens (including phenoxy) is 1. The average molecular weight is 322 g/mol. The highest BCUT2D eigenvalue weighted by Crippen LogP contribution is 2.21. The van der Waals surface area contributed by atoms with Crippen LogP contribution in [0, 0.1) is 15.9 Å². The zero-order valence-electron chi connectivity index (χ0n) is 11.8. The van der Waals surface area contributed by atoms with Crippen LogP contribution in [0.25, 0.3) is 0 Å². The van der Waals surface area contributed by atoms with Gasteiger partial charge in [0.05, 0.1) is 11.2 Å². The summed E-state index contributed by atoms with van der Waals surface area (Å²) in [5, 5.41) is 12.9. The molecule has 1 amide bonds. The van der Waals surface area contributed by atoms with E-state index in [-0.39, 0.29) is 11.4 Å². The van der Waals surface area contributed by atoms with Gasteiger partial charge in [-0.15, -0.1) is 0 Å². The molecule has 2 aromatic rings. The van der Waals surface area contributed by atoms with Crippen LogP contribution >= 0.6 is 0 Å². The Morgan fingerprint density at radius 1 is 1.39 bits per heavy atom. The predicted molar refractivity (Wildman–Crippen MR) is 75.3 cm³/mol. The summed E-state index contributed by atoms with van der Waals surface area (Å²) in [5.41, 5.74) is -0.771. The first-order valence-electron chi connectivity index (χ1n) is 6.38. The quantitative estimate of drug-likeness (QED) is 0.514. The van der Waals surface area contributed by atoms with Crippen LogP contribution in [-0.2, 0) is 9.53 Å². The Bertz CT molecular complexity index is 744. The standard InChI is InChI=1S/C14H11FN2O6/c1-8(23-14(19)12-3-2-6-22-12)13(18)16-9-4-5-10(15)11(7-9)17(20)21/h2-8H,1H3,(H,16,18)/t8-/m0/s1. The summed E-state index contributed by atoms with van der Waals surface area (Å²) in [6.45, 7) is 1.31. The van der Waals surface area contributed by atoms with Crippen molar-refractivity contribution in [1.82, 2.24) is 0 Å². The highest BCUT2D eigenvalue weighted by molar-refractivity contribution is 5.96. The molecule has 0 aliphatic heterocycles. The van der Waals surface area contributed by atoms with Gasteiger partial charge in [-0.05, 0) is 31.2 Å². The maximum absolute atomic E-state index is 13.2. The van der Waals surface area contributed by atoms with Gasteiger partial charge < -0.3 is 14.5 Å². The van der Waals surface area contributed by atoms with E-state index in [1.165, 1.54) is 25.3 Å². The Morgan fingerprint density at radius 2 is 2.13 bits per heavy atom. The van der Waals surface area contributed by atoms with Crippen LogP contribution in [-0.4, -0.2) is 22.9 Å². The summed E-state index contributed by atoms with van der Waals surface area (Å²) < 4.78 is 22.9. The molecule has 0 aliphatic rings. The number of hydrogen-bond acceptors (Lipinski definition) is 6. The Hall–Kier alpha value is -3.23. The monoisotopic (exact) mass is 322 g/mol. The fourth-order valence-corrected chi connectivity index (χ4v) is 1.64. The van der Waals surface area contributed by atoms with Gasteiger partial charge in [0.15, 0.2) is 6.10 Å². The number of nitrogens with one attached hydrogen (secondary N) is 1. The first kappa shape index (κ1) is 16.1. The molecular formula is C14H11FN2O6. The van der Waals surface area contributed by atoms with E-state index in [0.717, 1.165) is 18.2 Å². The van der Waals surface area contributed by atoms with Crippen LogP contribution in [0.2, 0.25) is 0 Å². The third-order valence-electron chi connectivity index (χ3n) is 2.79. The molecule has 0 bridgehead atoms. The molecule has 1 aromatic carbocycles. The molecule has 8 nitrogen and oxygen atoms in total. The third-order valence-corrected chi connectivity index (χ3v) is 2.79. The van der Waals surface area contributed by atoms with Crippen molar-refractivity contribution in [3.63, 3.8) is 0 Å². The molecule has 0 unspecified atom stereocenters. The first-order valence-corrected chi connectivity index (χ1v) is 6.38. The maximum atomic E-state index is 13.2. The number of furan rings is 1. The molecule has 1 N–H and O–H groups in total.